The highest BCUT2D eigenvalue weighted by Gasteiger charge is 2.25. The van der Waals surface area contributed by atoms with Gasteiger partial charge in [-0.1, -0.05) is 20.3 Å². The number of hydrogen-bond donors (Lipinski definition) is 4. The third-order valence-electron chi connectivity index (χ3n) is 3.18. The molecule has 0 spiro atoms. The monoisotopic (exact) mass is 293 g/mol. The Labute approximate surface area is 122 Å². The Hall–Kier alpha value is -2.57. The van der Waals surface area contributed by atoms with Crippen LogP contribution in [0, 0.1) is 5.92 Å². The molecule has 0 heterocycles. The third kappa shape index (κ3) is 4.79. The summed E-state index contributed by atoms with van der Waals surface area (Å²) >= 11 is 0. The van der Waals surface area contributed by atoms with Gasteiger partial charge in [0.15, 0.2) is 0 Å². The molecule has 0 aliphatic heterocycles. The molecule has 0 radical (unpaired) electrons. The van der Waals surface area contributed by atoms with Gasteiger partial charge in [0.2, 0.25) is 0 Å². The van der Waals surface area contributed by atoms with Crippen LogP contribution in [0.15, 0.2) is 24.3 Å². The predicted molar refractivity (Wildman–Crippen MR) is 78.0 cm³/mol. The van der Waals surface area contributed by atoms with Crippen molar-refractivity contribution in [3.05, 3.63) is 29.8 Å². The molecular weight excluding hydrogens is 274 g/mol. The van der Waals surface area contributed by atoms with E-state index in [1.807, 2.05) is 6.92 Å². The quantitative estimate of drug-likeness (QED) is 0.633. The van der Waals surface area contributed by atoms with Crippen LogP contribution >= 0.6 is 0 Å². The number of nitrogens with one attached hydrogen (secondary N) is 2. The van der Waals surface area contributed by atoms with Gasteiger partial charge >= 0.3 is 12.0 Å². The number of nitrogens with two attached hydrogens (primary N) is 1. The van der Waals surface area contributed by atoms with E-state index in [1.165, 1.54) is 24.3 Å². The van der Waals surface area contributed by atoms with Gasteiger partial charge in [-0.25, -0.2) is 9.59 Å². The SMILES string of the molecule is CCC(C)[C@H](NC(=O)c1ccc(NC(N)=O)cc1)C(=O)O. The zero-order valence-electron chi connectivity index (χ0n) is 11.9. The van der Waals surface area contributed by atoms with Crippen molar-refractivity contribution in [1.82, 2.24) is 5.32 Å². The van der Waals surface area contributed by atoms with E-state index in [0.29, 0.717) is 17.7 Å². The lowest BCUT2D eigenvalue weighted by Gasteiger charge is -2.20. The summed E-state index contributed by atoms with van der Waals surface area (Å²) in [6.07, 6.45) is 0.638. The summed E-state index contributed by atoms with van der Waals surface area (Å²) in [5, 5.41) is 14.0. The molecule has 1 aromatic rings. The second-order valence-electron chi connectivity index (χ2n) is 4.74. The molecule has 0 aromatic heterocycles. The van der Waals surface area contributed by atoms with Crippen LogP contribution < -0.4 is 16.4 Å². The van der Waals surface area contributed by atoms with Crippen molar-refractivity contribution in [2.24, 2.45) is 11.7 Å². The highest BCUT2D eigenvalue weighted by atomic mass is 16.4. The molecule has 114 valence electrons. The van der Waals surface area contributed by atoms with Crippen molar-refractivity contribution in [2.75, 3.05) is 5.32 Å². The van der Waals surface area contributed by atoms with E-state index in [0.717, 1.165) is 0 Å². The fourth-order valence-corrected chi connectivity index (χ4v) is 1.75. The van der Waals surface area contributed by atoms with Crippen LogP contribution in [0.4, 0.5) is 10.5 Å². The number of carboxylic acids is 1. The highest BCUT2D eigenvalue weighted by molar-refractivity contribution is 5.97. The summed E-state index contributed by atoms with van der Waals surface area (Å²) < 4.78 is 0. The normalized spacial score (nSPS) is 13.0. The number of carbonyl (C=O) groups is 3. The van der Waals surface area contributed by atoms with Crippen molar-refractivity contribution in [1.29, 1.82) is 0 Å². The first-order valence-corrected chi connectivity index (χ1v) is 6.55. The van der Waals surface area contributed by atoms with E-state index in [2.05, 4.69) is 10.6 Å². The molecule has 0 fully saturated rings. The molecule has 0 saturated heterocycles. The molecule has 0 aliphatic carbocycles. The standard InChI is InChI=1S/C14H19N3O4/c1-3-8(2)11(13(19)20)17-12(18)9-4-6-10(7-5-9)16-14(15)21/h4-8,11H,3H2,1-2H3,(H,17,18)(H,19,20)(H3,15,16,21)/t8?,11-/m0/s1. The Morgan fingerprint density at radius 2 is 1.81 bits per heavy atom. The largest absolute Gasteiger partial charge is 0.480 e. The number of hydrogen-bond acceptors (Lipinski definition) is 3. The van der Waals surface area contributed by atoms with Gasteiger partial charge in [0.1, 0.15) is 6.04 Å². The summed E-state index contributed by atoms with van der Waals surface area (Å²) in [5.41, 5.74) is 5.74. The average Bonchev–Trinajstić information content (AvgIpc) is 2.43. The number of amides is 3. The number of aliphatic carboxylic acids is 1. The van der Waals surface area contributed by atoms with Crippen molar-refractivity contribution < 1.29 is 19.5 Å². The second-order valence-corrected chi connectivity index (χ2v) is 4.74. The van der Waals surface area contributed by atoms with Crippen LogP contribution in [0.2, 0.25) is 0 Å². The molecule has 1 aromatic carbocycles. The summed E-state index contributed by atoms with van der Waals surface area (Å²) in [4.78, 5) is 33.9. The minimum atomic E-state index is -1.07. The van der Waals surface area contributed by atoms with Gasteiger partial charge in [0.25, 0.3) is 5.91 Å². The lowest BCUT2D eigenvalue weighted by atomic mass is 9.99. The average molecular weight is 293 g/mol. The maximum atomic E-state index is 12.0. The molecule has 0 aliphatic rings. The minimum Gasteiger partial charge on any atom is -0.480 e. The van der Waals surface area contributed by atoms with Crippen molar-refractivity contribution >= 4 is 23.6 Å². The second kappa shape index (κ2) is 7.28. The maximum Gasteiger partial charge on any atom is 0.326 e. The van der Waals surface area contributed by atoms with E-state index in [-0.39, 0.29) is 5.92 Å². The number of anilines is 1. The molecule has 5 N–H and O–H groups in total. The van der Waals surface area contributed by atoms with E-state index in [9.17, 15) is 14.4 Å². The van der Waals surface area contributed by atoms with Crippen molar-refractivity contribution in [3.63, 3.8) is 0 Å². The molecule has 21 heavy (non-hydrogen) atoms. The molecule has 7 heteroatoms. The molecule has 1 unspecified atom stereocenters. The number of rotatable bonds is 6. The summed E-state index contributed by atoms with van der Waals surface area (Å²) in [5.74, 6) is -1.72. The lowest BCUT2D eigenvalue weighted by Crippen LogP contribution is -2.45. The molecule has 3 amide bonds. The fraction of sp³-hybridized carbons (Fsp3) is 0.357. The van der Waals surface area contributed by atoms with Crippen LogP contribution in [0.25, 0.3) is 0 Å². The Balaban J connectivity index is 2.78. The number of benzene rings is 1. The number of urea groups is 1. The zero-order chi connectivity index (χ0) is 16.0. The molecule has 0 saturated carbocycles. The van der Waals surface area contributed by atoms with Crippen LogP contribution in [-0.4, -0.2) is 29.1 Å². The van der Waals surface area contributed by atoms with Crippen molar-refractivity contribution in [3.8, 4) is 0 Å². The van der Waals surface area contributed by atoms with Crippen LogP contribution in [0.5, 0.6) is 0 Å². The van der Waals surface area contributed by atoms with Gasteiger partial charge in [0.05, 0.1) is 0 Å². The van der Waals surface area contributed by atoms with Gasteiger partial charge in [-0.05, 0) is 30.2 Å². The Morgan fingerprint density at radius 3 is 2.24 bits per heavy atom. The van der Waals surface area contributed by atoms with Gasteiger partial charge in [-0.2, -0.15) is 0 Å². The van der Waals surface area contributed by atoms with E-state index in [1.54, 1.807) is 6.92 Å². The highest BCUT2D eigenvalue weighted by Crippen LogP contribution is 2.12. The Morgan fingerprint density at radius 1 is 1.24 bits per heavy atom. The predicted octanol–water partition coefficient (Wildman–Crippen LogP) is 1.41. The van der Waals surface area contributed by atoms with E-state index in [4.69, 9.17) is 10.8 Å². The number of primary amides is 1. The zero-order valence-corrected chi connectivity index (χ0v) is 11.9. The van der Waals surface area contributed by atoms with Gasteiger partial charge in [-0.15, -0.1) is 0 Å². The Kier molecular flexibility index (Phi) is 5.71. The number of carboxylic acid groups (broad SMARTS) is 1. The van der Waals surface area contributed by atoms with Gasteiger partial charge < -0.3 is 21.5 Å². The van der Waals surface area contributed by atoms with E-state index >= 15 is 0 Å². The lowest BCUT2D eigenvalue weighted by molar-refractivity contribution is -0.140. The topological polar surface area (TPSA) is 122 Å². The summed E-state index contributed by atoms with van der Waals surface area (Å²) in [6.45, 7) is 3.62. The van der Waals surface area contributed by atoms with Crippen LogP contribution in [0.1, 0.15) is 30.6 Å². The number of carbonyl (C=O) groups excluding carboxylic acids is 2. The van der Waals surface area contributed by atoms with Gasteiger partial charge in [0, 0.05) is 11.3 Å². The van der Waals surface area contributed by atoms with E-state index < -0.39 is 23.9 Å². The van der Waals surface area contributed by atoms with Crippen LogP contribution in [0.3, 0.4) is 0 Å². The minimum absolute atomic E-state index is 0.178. The Bertz CT molecular complexity index is 528. The smallest absolute Gasteiger partial charge is 0.326 e. The van der Waals surface area contributed by atoms with Gasteiger partial charge in [-0.3, -0.25) is 4.79 Å². The summed E-state index contributed by atoms with van der Waals surface area (Å²) in [6, 6.07) is 4.35. The third-order valence-corrected chi connectivity index (χ3v) is 3.18. The molecule has 2 atom stereocenters. The first-order chi connectivity index (χ1) is 9.85. The first kappa shape index (κ1) is 16.5. The van der Waals surface area contributed by atoms with Crippen molar-refractivity contribution in [2.45, 2.75) is 26.3 Å². The maximum absolute atomic E-state index is 12.0. The van der Waals surface area contributed by atoms with Crippen LogP contribution in [-0.2, 0) is 4.79 Å². The molecule has 0 bridgehead atoms. The molecular formula is C14H19N3O4. The molecule has 7 nitrogen and oxygen atoms in total. The first-order valence-electron chi connectivity index (χ1n) is 6.55. The fourth-order valence-electron chi connectivity index (χ4n) is 1.75. The molecule has 1 rings (SSSR count). The summed E-state index contributed by atoms with van der Waals surface area (Å²) in [7, 11) is 0.